The minimum atomic E-state index is -3.03. The Morgan fingerprint density at radius 3 is 2.68 bits per heavy atom. The molecule has 1 aliphatic heterocycles. The van der Waals surface area contributed by atoms with Crippen molar-refractivity contribution in [3.8, 4) is 0 Å². The highest BCUT2D eigenvalue weighted by molar-refractivity contribution is 7.98. The van der Waals surface area contributed by atoms with E-state index in [-0.39, 0.29) is 29.2 Å². The van der Waals surface area contributed by atoms with E-state index in [0.717, 1.165) is 11.4 Å². The number of nitrogens with one attached hydrogen (secondary N) is 1. The van der Waals surface area contributed by atoms with Crippen LogP contribution >= 0.6 is 11.8 Å². The molecule has 0 radical (unpaired) electrons. The normalized spacial score (nSPS) is 19.0. The first-order valence-electron chi connectivity index (χ1n) is 7.86. The Balaban J connectivity index is 1.57. The molecular weight excluding hydrogens is 362 g/mol. The Labute approximate surface area is 150 Å². The van der Waals surface area contributed by atoms with Gasteiger partial charge in [0, 0.05) is 17.4 Å². The number of hydrogen-bond acceptors (Lipinski definition) is 7. The molecule has 1 fully saturated rings. The van der Waals surface area contributed by atoms with Crippen molar-refractivity contribution in [2.24, 2.45) is 0 Å². The molecule has 134 valence electrons. The summed E-state index contributed by atoms with van der Waals surface area (Å²) in [5.74, 6) is 1.05. The molecule has 0 saturated carbocycles. The lowest BCUT2D eigenvalue weighted by molar-refractivity contribution is 0.0911. The number of thioether (sulfide) groups is 1. The van der Waals surface area contributed by atoms with Crippen LogP contribution < -0.4 is 5.32 Å². The first-order valence-corrected chi connectivity index (χ1v) is 10.7. The maximum atomic E-state index is 12.2. The van der Waals surface area contributed by atoms with E-state index in [0.29, 0.717) is 23.1 Å². The fourth-order valence-electron chi connectivity index (χ4n) is 2.64. The zero-order chi connectivity index (χ0) is 18.0. The Morgan fingerprint density at radius 1 is 1.32 bits per heavy atom. The average molecular weight is 381 g/mol. The van der Waals surface area contributed by atoms with Gasteiger partial charge in [-0.05, 0) is 38.5 Å². The maximum absolute atomic E-state index is 12.2. The standard InChI is InChI=1S/C16H19N3O4S2/c1-10-7-11(2)18-16(17-10)24-8-13-3-4-14(23-13)15(20)19-12-5-6-25(21,22)9-12/h3-4,7,12H,5-6,8-9H2,1-2H3,(H,19,20)/t12-/m0/s1. The molecule has 1 aliphatic rings. The summed E-state index contributed by atoms with van der Waals surface area (Å²) in [7, 11) is -3.03. The minimum absolute atomic E-state index is 0.00773. The SMILES string of the molecule is Cc1cc(C)nc(SCc2ccc(C(=O)N[C@H]3CCS(=O)(=O)C3)o2)n1. The van der Waals surface area contributed by atoms with Crippen LogP contribution in [-0.4, -0.2) is 41.8 Å². The van der Waals surface area contributed by atoms with Crippen molar-refractivity contribution >= 4 is 27.5 Å². The molecule has 0 spiro atoms. The number of carbonyl (C=O) groups excluding carboxylic acids is 1. The predicted octanol–water partition coefficient (Wildman–Crippen LogP) is 1.90. The number of furan rings is 1. The number of amides is 1. The summed E-state index contributed by atoms with van der Waals surface area (Å²) in [6.45, 7) is 3.83. The van der Waals surface area contributed by atoms with E-state index in [1.54, 1.807) is 12.1 Å². The number of aromatic nitrogens is 2. The summed E-state index contributed by atoms with van der Waals surface area (Å²) in [6, 6.07) is 4.89. The largest absolute Gasteiger partial charge is 0.455 e. The molecule has 0 aromatic carbocycles. The molecule has 25 heavy (non-hydrogen) atoms. The van der Waals surface area contributed by atoms with Crippen LogP contribution in [0.2, 0.25) is 0 Å². The van der Waals surface area contributed by atoms with Crippen LogP contribution in [0.4, 0.5) is 0 Å². The summed E-state index contributed by atoms with van der Waals surface area (Å²) in [6.07, 6.45) is 0.446. The topological polar surface area (TPSA) is 102 Å². The summed E-state index contributed by atoms with van der Waals surface area (Å²) in [4.78, 5) is 20.9. The van der Waals surface area contributed by atoms with Crippen molar-refractivity contribution in [3.05, 3.63) is 41.1 Å². The van der Waals surface area contributed by atoms with Crippen LogP contribution in [0.25, 0.3) is 0 Å². The number of hydrogen-bond donors (Lipinski definition) is 1. The number of aryl methyl sites for hydroxylation is 2. The second-order valence-corrected chi connectivity index (χ2v) is 9.23. The minimum Gasteiger partial charge on any atom is -0.455 e. The maximum Gasteiger partial charge on any atom is 0.287 e. The molecule has 0 aliphatic carbocycles. The van der Waals surface area contributed by atoms with Crippen molar-refractivity contribution in [3.63, 3.8) is 0 Å². The lowest BCUT2D eigenvalue weighted by Crippen LogP contribution is -2.35. The molecule has 3 rings (SSSR count). The zero-order valence-corrected chi connectivity index (χ0v) is 15.6. The van der Waals surface area contributed by atoms with E-state index >= 15 is 0 Å². The Bertz CT molecular complexity index is 872. The lowest BCUT2D eigenvalue weighted by atomic mass is 10.2. The first-order chi connectivity index (χ1) is 11.8. The fraction of sp³-hybridized carbons (Fsp3) is 0.438. The number of carbonyl (C=O) groups is 1. The molecule has 7 nitrogen and oxygen atoms in total. The molecule has 0 bridgehead atoms. The van der Waals surface area contributed by atoms with E-state index in [9.17, 15) is 13.2 Å². The molecular formula is C16H19N3O4S2. The molecule has 1 atom stereocenters. The van der Waals surface area contributed by atoms with Crippen molar-refractivity contribution in [1.82, 2.24) is 15.3 Å². The van der Waals surface area contributed by atoms with Crippen LogP contribution in [-0.2, 0) is 15.6 Å². The lowest BCUT2D eigenvalue weighted by Gasteiger charge is -2.08. The molecule has 9 heteroatoms. The monoisotopic (exact) mass is 381 g/mol. The average Bonchev–Trinajstić information content (AvgIpc) is 3.11. The van der Waals surface area contributed by atoms with E-state index in [1.165, 1.54) is 11.8 Å². The van der Waals surface area contributed by atoms with Crippen LogP contribution in [0.15, 0.2) is 27.8 Å². The third-order valence-electron chi connectivity index (χ3n) is 3.76. The Hall–Kier alpha value is -1.87. The van der Waals surface area contributed by atoms with Gasteiger partial charge in [0.1, 0.15) is 5.76 Å². The summed E-state index contributed by atoms with van der Waals surface area (Å²) in [5.41, 5.74) is 1.81. The fourth-order valence-corrected chi connectivity index (χ4v) is 5.15. The van der Waals surface area contributed by atoms with E-state index in [4.69, 9.17) is 4.42 Å². The van der Waals surface area contributed by atoms with Gasteiger partial charge >= 0.3 is 0 Å². The molecule has 1 saturated heterocycles. The van der Waals surface area contributed by atoms with Crippen molar-refractivity contribution in [2.45, 2.75) is 37.2 Å². The number of rotatable bonds is 5. The molecule has 1 amide bonds. The van der Waals surface area contributed by atoms with Crippen LogP contribution in [0.5, 0.6) is 0 Å². The van der Waals surface area contributed by atoms with Gasteiger partial charge in [-0.3, -0.25) is 4.79 Å². The van der Waals surface area contributed by atoms with Crippen LogP contribution in [0, 0.1) is 13.8 Å². The van der Waals surface area contributed by atoms with Gasteiger partial charge in [-0.2, -0.15) is 0 Å². The second-order valence-electron chi connectivity index (χ2n) is 6.06. The first kappa shape index (κ1) is 17.9. The third kappa shape index (κ3) is 4.82. The van der Waals surface area contributed by atoms with Crippen molar-refractivity contribution in [2.75, 3.05) is 11.5 Å². The van der Waals surface area contributed by atoms with Crippen LogP contribution in [0.3, 0.4) is 0 Å². The predicted molar refractivity (Wildman–Crippen MR) is 94.3 cm³/mol. The third-order valence-corrected chi connectivity index (χ3v) is 6.40. The van der Waals surface area contributed by atoms with Gasteiger partial charge in [0.2, 0.25) is 0 Å². The smallest absolute Gasteiger partial charge is 0.287 e. The van der Waals surface area contributed by atoms with E-state index < -0.39 is 9.84 Å². The van der Waals surface area contributed by atoms with E-state index in [1.807, 2.05) is 19.9 Å². The second kappa shape index (κ2) is 7.17. The zero-order valence-electron chi connectivity index (χ0n) is 14.0. The highest BCUT2D eigenvalue weighted by Crippen LogP contribution is 2.21. The molecule has 2 aromatic rings. The van der Waals surface area contributed by atoms with Gasteiger partial charge in [0.05, 0.1) is 17.3 Å². The molecule has 3 heterocycles. The highest BCUT2D eigenvalue weighted by atomic mass is 32.2. The summed E-state index contributed by atoms with van der Waals surface area (Å²) in [5, 5.41) is 3.37. The summed E-state index contributed by atoms with van der Waals surface area (Å²) >= 11 is 1.43. The summed E-state index contributed by atoms with van der Waals surface area (Å²) < 4.78 is 28.4. The van der Waals surface area contributed by atoms with Gasteiger partial charge in [-0.1, -0.05) is 11.8 Å². The molecule has 0 unspecified atom stereocenters. The Kier molecular flexibility index (Phi) is 5.14. The van der Waals surface area contributed by atoms with Gasteiger partial charge < -0.3 is 9.73 Å². The quantitative estimate of drug-likeness (QED) is 0.623. The number of sulfone groups is 1. The van der Waals surface area contributed by atoms with Crippen LogP contribution in [0.1, 0.15) is 34.1 Å². The van der Waals surface area contributed by atoms with Gasteiger partial charge in [0.15, 0.2) is 20.8 Å². The molecule has 2 aromatic heterocycles. The number of nitrogens with zero attached hydrogens (tertiary/aromatic N) is 2. The van der Waals surface area contributed by atoms with Gasteiger partial charge in [0.25, 0.3) is 5.91 Å². The van der Waals surface area contributed by atoms with Crippen molar-refractivity contribution < 1.29 is 17.6 Å². The van der Waals surface area contributed by atoms with Gasteiger partial charge in [-0.15, -0.1) is 0 Å². The molecule has 1 N–H and O–H groups in total. The van der Waals surface area contributed by atoms with Gasteiger partial charge in [-0.25, -0.2) is 18.4 Å². The Morgan fingerprint density at radius 2 is 2.04 bits per heavy atom. The highest BCUT2D eigenvalue weighted by Gasteiger charge is 2.29. The van der Waals surface area contributed by atoms with Crippen molar-refractivity contribution in [1.29, 1.82) is 0 Å². The van der Waals surface area contributed by atoms with E-state index in [2.05, 4.69) is 15.3 Å².